The van der Waals surface area contributed by atoms with E-state index in [1.54, 1.807) is 0 Å². The fraction of sp³-hybridized carbons (Fsp3) is 0.722. The molecule has 0 unspecified atom stereocenters. The van der Waals surface area contributed by atoms with E-state index in [1.165, 1.54) is 50.9 Å². The van der Waals surface area contributed by atoms with Gasteiger partial charge >= 0.3 is 0 Å². The van der Waals surface area contributed by atoms with Crippen molar-refractivity contribution >= 4 is 0 Å². The summed E-state index contributed by atoms with van der Waals surface area (Å²) in [7, 11) is 0. The second-order valence-electron chi connectivity index (χ2n) is 7.09. The van der Waals surface area contributed by atoms with Gasteiger partial charge in [-0.2, -0.15) is 0 Å². The first-order chi connectivity index (χ1) is 10.9. The number of likely N-dealkylation sites (tertiary alicyclic amines) is 2. The molecule has 0 aromatic carbocycles. The second kappa shape index (κ2) is 6.65. The van der Waals surface area contributed by atoms with Crippen molar-refractivity contribution in [1.82, 2.24) is 14.8 Å². The van der Waals surface area contributed by atoms with Gasteiger partial charge < -0.3 is 4.74 Å². The van der Waals surface area contributed by atoms with Gasteiger partial charge in [0.05, 0.1) is 0 Å². The highest BCUT2D eigenvalue weighted by molar-refractivity contribution is 5.10. The lowest BCUT2D eigenvalue weighted by atomic mass is 9.99. The zero-order valence-electron chi connectivity index (χ0n) is 13.4. The first-order valence-electron chi connectivity index (χ1n) is 8.85. The molecule has 4 heterocycles. The Morgan fingerprint density at radius 1 is 1.05 bits per heavy atom. The molecule has 2 atom stereocenters. The summed E-state index contributed by atoms with van der Waals surface area (Å²) in [6.07, 6.45) is 9.08. The fourth-order valence-corrected chi connectivity index (χ4v) is 4.57. The Bertz CT molecular complexity index is 474. The minimum absolute atomic E-state index is 0.764. The molecule has 0 saturated carbocycles. The quantitative estimate of drug-likeness (QED) is 0.852. The highest BCUT2D eigenvalue weighted by atomic mass is 16.5. The van der Waals surface area contributed by atoms with E-state index >= 15 is 0 Å². The molecule has 1 aromatic rings. The number of pyridine rings is 1. The van der Waals surface area contributed by atoms with E-state index in [-0.39, 0.29) is 0 Å². The molecule has 0 bridgehead atoms. The van der Waals surface area contributed by atoms with Crippen molar-refractivity contribution in [2.75, 3.05) is 32.8 Å². The van der Waals surface area contributed by atoms with Gasteiger partial charge in [-0.15, -0.1) is 0 Å². The van der Waals surface area contributed by atoms with Gasteiger partial charge in [-0.1, -0.05) is 6.07 Å². The number of rotatable bonds is 4. The summed E-state index contributed by atoms with van der Waals surface area (Å²) in [6.45, 7) is 6.84. The number of fused-ring (bicyclic) bond motifs is 1. The first kappa shape index (κ1) is 14.6. The molecule has 120 valence electrons. The summed E-state index contributed by atoms with van der Waals surface area (Å²) in [4.78, 5) is 9.72. The van der Waals surface area contributed by atoms with E-state index in [2.05, 4.69) is 26.9 Å². The predicted molar refractivity (Wildman–Crippen MR) is 86.6 cm³/mol. The molecule has 0 aliphatic carbocycles. The van der Waals surface area contributed by atoms with Gasteiger partial charge in [0.1, 0.15) is 0 Å². The molecule has 0 radical (unpaired) electrons. The Hall–Kier alpha value is -0.970. The Kier molecular flexibility index (Phi) is 4.42. The monoisotopic (exact) mass is 301 g/mol. The maximum atomic E-state index is 5.50. The second-order valence-corrected chi connectivity index (χ2v) is 7.09. The van der Waals surface area contributed by atoms with Crippen LogP contribution in [0.5, 0.6) is 0 Å². The minimum Gasteiger partial charge on any atom is -0.381 e. The highest BCUT2D eigenvalue weighted by Crippen LogP contribution is 2.33. The maximum absolute atomic E-state index is 5.50. The third-order valence-electron chi connectivity index (χ3n) is 5.75. The number of nitrogens with zero attached hydrogens (tertiary/aromatic N) is 3. The van der Waals surface area contributed by atoms with Crippen LogP contribution in [0.2, 0.25) is 0 Å². The average Bonchev–Trinajstić information content (AvgIpc) is 3.14. The van der Waals surface area contributed by atoms with Gasteiger partial charge in [-0.3, -0.25) is 14.8 Å². The highest BCUT2D eigenvalue weighted by Gasteiger charge is 2.42. The van der Waals surface area contributed by atoms with Crippen LogP contribution in [-0.4, -0.2) is 59.7 Å². The van der Waals surface area contributed by atoms with Gasteiger partial charge in [-0.25, -0.2) is 0 Å². The van der Waals surface area contributed by atoms with Crippen LogP contribution < -0.4 is 0 Å². The Morgan fingerprint density at radius 3 is 2.59 bits per heavy atom. The minimum atomic E-state index is 0.764. The number of hydrogen-bond donors (Lipinski definition) is 0. The van der Waals surface area contributed by atoms with Crippen LogP contribution in [0.1, 0.15) is 31.2 Å². The molecule has 22 heavy (non-hydrogen) atoms. The number of ether oxygens (including phenoxy) is 1. The summed E-state index contributed by atoms with van der Waals surface area (Å²) in [5, 5.41) is 0. The summed E-state index contributed by atoms with van der Waals surface area (Å²) in [5.74, 6) is 0.861. The van der Waals surface area contributed by atoms with Crippen LogP contribution in [0.15, 0.2) is 24.5 Å². The lowest BCUT2D eigenvalue weighted by molar-refractivity contribution is 0.0504. The van der Waals surface area contributed by atoms with Crippen molar-refractivity contribution in [3.8, 4) is 0 Å². The van der Waals surface area contributed by atoms with Gasteiger partial charge in [0, 0.05) is 63.9 Å². The van der Waals surface area contributed by atoms with E-state index in [9.17, 15) is 0 Å². The molecule has 4 heteroatoms. The van der Waals surface area contributed by atoms with Gasteiger partial charge in [0.15, 0.2) is 0 Å². The number of aromatic nitrogens is 1. The molecule has 3 aliphatic heterocycles. The van der Waals surface area contributed by atoms with Crippen molar-refractivity contribution in [3.63, 3.8) is 0 Å². The van der Waals surface area contributed by atoms with E-state index in [1.807, 2.05) is 12.4 Å². The zero-order chi connectivity index (χ0) is 14.8. The summed E-state index contributed by atoms with van der Waals surface area (Å²) in [6, 6.07) is 5.81. The molecule has 3 saturated heterocycles. The van der Waals surface area contributed by atoms with Crippen molar-refractivity contribution in [2.45, 2.75) is 44.3 Å². The van der Waals surface area contributed by atoms with Crippen LogP contribution in [0, 0.1) is 5.92 Å². The summed E-state index contributed by atoms with van der Waals surface area (Å²) in [5.41, 5.74) is 1.35. The molecule has 0 spiro atoms. The summed E-state index contributed by atoms with van der Waals surface area (Å²) >= 11 is 0. The molecule has 3 aliphatic rings. The van der Waals surface area contributed by atoms with Gasteiger partial charge in [0.2, 0.25) is 0 Å². The molecule has 0 N–H and O–H groups in total. The topological polar surface area (TPSA) is 28.6 Å². The van der Waals surface area contributed by atoms with Crippen LogP contribution >= 0.6 is 0 Å². The lowest BCUT2D eigenvalue weighted by Crippen LogP contribution is -2.39. The molecular formula is C18H27N3O. The van der Waals surface area contributed by atoms with Crippen molar-refractivity contribution < 1.29 is 4.74 Å². The standard InChI is InChI=1S/C18H27N3O/c1-2-16(12-19-7-1)14-21-9-4-17-18(21)3-8-20(17)13-15-5-10-22-11-6-15/h1-2,7,12,15,17-18H,3-6,8-11,13-14H2/t17-,18+/m1/s1. The van der Waals surface area contributed by atoms with E-state index in [0.717, 1.165) is 37.8 Å². The van der Waals surface area contributed by atoms with E-state index < -0.39 is 0 Å². The lowest BCUT2D eigenvalue weighted by Gasteiger charge is -2.30. The Labute approximate surface area is 133 Å². The zero-order valence-corrected chi connectivity index (χ0v) is 13.4. The maximum Gasteiger partial charge on any atom is 0.0469 e. The molecule has 0 amide bonds. The average molecular weight is 301 g/mol. The van der Waals surface area contributed by atoms with Crippen molar-refractivity contribution in [3.05, 3.63) is 30.1 Å². The smallest absolute Gasteiger partial charge is 0.0469 e. The third-order valence-corrected chi connectivity index (χ3v) is 5.75. The Morgan fingerprint density at radius 2 is 1.82 bits per heavy atom. The van der Waals surface area contributed by atoms with Crippen LogP contribution in [-0.2, 0) is 11.3 Å². The van der Waals surface area contributed by atoms with Crippen LogP contribution in [0.4, 0.5) is 0 Å². The normalized spacial score (nSPS) is 30.7. The van der Waals surface area contributed by atoms with E-state index in [0.29, 0.717) is 0 Å². The largest absolute Gasteiger partial charge is 0.381 e. The fourth-order valence-electron chi connectivity index (χ4n) is 4.57. The van der Waals surface area contributed by atoms with Crippen LogP contribution in [0.3, 0.4) is 0 Å². The molecule has 3 fully saturated rings. The molecule has 4 nitrogen and oxygen atoms in total. The van der Waals surface area contributed by atoms with Gasteiger partial charge in [-0.05, 0) is 43.2 Å². The molecule has 1 aromatic heterocycles. The number of hydrogen-bond acceptors (Lipinski definition) is 4. The van der Waals surface area contributed by atoms with Crippen LogP contribution in [0.25, 0.3) is 0 Å². The predicted octanol–water partition coefficient (Wildman–Crippen LogP) is 2.16. The summed E-state index contributed by atoms with van der Waals surface area (Å²) < 4.78 is 5.50. The molecular weight excluding hydrogens is 274 g/mol. The third kappa shape index (κ3) is 3.05. The van der Waals surface area contributed by atoms with E-state index in [4.69, 9.17) is 4.74 Å². The van der Waals surface area contributed by atoms with Crippen molar-refractivity contribution in [1.29, 1.82) is 0 Å². The van der Waals surface area contributed by atoms with Crippen molar-refractivity contribution in [2.24, 2.45) is 5.92 Å². The SMILES string of the molecule is c1cncc(CN2CC[C@@H]3[C@@H]2CCN3CC2CCOCC2)c1. The van der Waals surface area contributed by atoms with Gasteiger partial charge in [0.25, 0.3) is 0 Å². The molecule has 4 rings (SSSR count). The Balaban J connectivity index is 1.35. The first-order valence-corrected chi connectivity index (χ1v) is 8.85.